The Morgan fingerprint density at radius 2 is 2.21 bits per heavy atom. The summed E-state index contributed by atoms with van der Waals surface area (Å²) in [6.07, 6.45) is 5.20. The van der Waals surface area contributed by atoms with Crippen LogP contribution >= 0.6 is 11.8 Å². The van der Waals surface area contributed by atoms with Gasteiger partial charge in [0.2, 0.25) is 0 Å². The summed E-state index contributed by atoms with van der Waals surface area (Å²) < 4.78 is 13.4. The average Bonchev–Trinajstić information content (AvgIpc) is 3.39. The van der Waals surface area contributed by atoms with Crippen molar-refractivity contribution < 1.29 is 9.47 Å². The summed E-state index contributed by atoms with van der Waals surface area (Å²) in [5.74, 6) is 3.39. The number of aliphatic imine (C=N–C) groups is 1. The van der Waals surface area contributed by atoms with E-state index in [0.717, 1.165) is 57.5 Å². The van der Waals surface area contributed by atoms with E-state index in [1.165, 1.54) is 17.9 Å². The summed E-state index contributed by atoms with van der Waals surface area (Å²) in [6, 6.07) is 0. The molecule has 4 heterocycles. The molecule has 1 aromatic heterocycles. The Kier molecular flexibility index (Phi) is 6.45. The molecule has 0 bridgehead atoms. The second-order valence-corrected chi connectivity index (χ2v) is 8.89. The van der Waals surface area contributed by atoms with Crippen molar-refractivity contribution in [3.63, 3.8) is 0 Å². The van der Waals surface area contributed by atoms with E-state index in [0.29, 0.717) is 6.61 Å². The molecule has 1 aromatic rings. The van der Waals surface area contributed by atoms with Gasteiger partial charge in [-0.25, -0.2) is 0 Å². The SMILES string of the molecule is CN=C(NCC1(N2CCOCC2)CCSC1)N1CCOC(c2cnn(C)c2)C1. The van der Waals surface area contributed by atoms with Crippen molar-refractivity contribution in [2.75, 3.05) is 71.1 Å². The molecule has 3 saturated heterocycles. The van der Waals surface area contributed by atoms with E-state index in [1.54, 1.807) is 0 Å². The van der Waals surface area contributed by atoms with E-state index in [9.17, 15) is 0 Å². The molecule has 0 saturated carbocycles. The molecule has 0 aromatic carbocycles. The Morgan fingerprint density at radius 1 is 1.36 bits per heavy atom. The first-order valence-corrected chi connectivity index (χ1v) is 11.3. The fraction of sp³-hybridized carbons (Fsp3) is 0.789. The zero-order chi connectivity index (χ0) is 19.4. The smallest absolute Gasteiger partial charge is 0.193 e. The van der Waals surface area contributed by atoms with Gasteiger partial charge in [-0.05, 0) is 12.2 Å². The number of ether oxygens (including phenoxy) is 2. The number of guanidine groups is 1. The van der Waals surface area contributed by atoms with Crippen LogP contribution in [0.1, 0.15) is 18.1 Å². The predicted molar refractivity (Wildman–Crippen MR) is 112 cm³/mol. The lowest BCUT2D eigenvalue weighted by Crippen LogP contribution is -2.60. The van der Waals surface area contributed by atoms with Gasteiger partial charge in [-0.15, -0.1) is 0 Å². The number of morpholine rings is 2. The minimum Gasteiger partial charge on any atom is -0.379 e. The van der Waals surface area contributed by atoms with Crippen LogP contribution in [-0.4, -0.2) is 102 Å². The van der Waals surface area contributed by atoms with E-state index in [1.807, 2.05) is 31.2 Å². The molecule has 9 heteroatoms. The Bertz CT molecular complexity index is 669. The molecule has 0 spiro atoms. The first-order chi connectivity index (χ1) is 13.7. The van der Waals surface area contributed by atoms with E-state index in [4.69, 9.17) is 9.47 Å². The monoisotopic (exact) mass is 408 g/mol. The van der Waals surface area contributed by atoms with Gasteiger partial charge < -0.3 is 19.7 Å². The molecule has 3 aliphatic heterocycles. The highest BCUT2D eigenvalue weighted by Gasteiger charge is 2.41. The van der Waals surface area contributed by atoms with Gasteiger partial charge in [0.05, 0.1) is 32.6 Å². The molecule has 156 valence electrons. The van der Waals surface area contributed by atoms with E-state index in [2.05, 4.69) is 37.0 Å². The van der Waals surface area contributed by atoms with Gasteiger partial charge in [0.25, 0.3) is 0 Å². The van der Waals surface area contributed by atoms with Gasteiger partial charge >= 0.3 is 0 Å². The fourth-order valence-electron chi connectivity index (χ4n) is 4.36. The lowest BCUT2D eigenvalue weighted by molar-refractivity contribution is -0.0150. The molecule has 0 radical (unpaired) electrons. The van der Waals surface area contributed by atoms with Crippen molar-refractivity contribution in [3.8, 4) is 0 Å². The van der Waals surface area contributed by atoms with Crippen LogP contribution in [0.4, 0.5) is 0 Å². The summed E-state index contributed by atoms with van der Waals surface area (Å²) >= 11 is 2.06. The van der Waals surface area contributed by atoms with Crippen LogP contribution in [0, 0.1) is 0 Å². The van der Waals surface area contributed by atoms with Crippen molar-refractivity contribution >= 4 is 17.7 Å². The molecular formula is C19H32N6O2S. The van der Waals surface area contributed by atoms with Gasteiger partial charge in [0.1, 0.15) is 6.10 Å². The highest BCUT2D eigenvalue weighted by Crippen LogP contribution is 2.33. The quantitative estimate of drug-likeness (QED) is 0.577. The number of thioether (sulfide) groups is 1. The molecule has 28 heavy (non-hydrogen) atoms. The van der Waals surface area contributed by atoms with Crippen LogP contribution in [0.2, 0.25) is 0 Å². The van der Waals surface area contributed by atoms with Crippen molar-refractivity contribution in [2.45, 2.75) is 18.1 Å². The van der Waals surface area contributed by atoms with Crippen LogP contribution in [0.3, 0.4) is 0 Å². The molecule has 3 fully saturated rings. The molecule has 1 N–H and O–H groups in total. The molecule has 3 aliphatic rings. The number of rotatable bonds is 4. The second-order valence-electron chi connectivity index (χ2n) is 7.78. The lowest BCUT2D eigenvalue weighted by Gasteiger charge is -2.44. The largest absolute Gasteiger partial charge is 0.379 e. The van der Waals surface area contributed by atoms with Crippen LogP contribution in [0.15, 0.2) is 17.4 Å². The second kappa shape index (κ2) is 9.02. The van der Waals surface area contributed by atoms with Crippen LogP contribution < -0.4 is 5.32 Å². The summed E-state index contributed by atoms with van der Waals surface area (Å²) in [6.45, 7) is 7.03. The average molecular weight is 409 g/mol. The molecule has 2 unspecified atom stereocenters. The Balaban J connectivity index is 1.39. The maximum absolute atomic E-state index is 5.99. The van der Waals surface area contributed by atoms with E-state index >= 15 is 0 Å². The van der Waals surface area contributed by atoms with E-state index in [-0.39, 0.29) is 11.6 Å². The highest BCUT2D eigenvalue weighted by molar-refractivity contribution is 7.99. The van der Waals surface area contributed by atoms with Crippen molar-refractivity contribution in [3.05, 3.63) is 18.0 Å². The normalized spacial score (nSPS) is 30.0. The van der Waals surface area contributed by atoms with Crippen LogP contribution in [0.25, 0.3) is 0 Å². The zero-order valence-corrected chi connectivity index (χ0v) is 17.8. The zero-order valence-electron chi connectivity index (χ0n) is 17.0. The van der Waals surface area contributed by atoms with Gasteiger partial charge in [-0.2, -0.15) is 16.9 Å². The standard InChI is InChI=1S/C19H32N6O2S/c1-20-18(24-4-9-27-17(13-24)16-11-22-23(2)12-16)21-14-19(3-10-28-15-19)25-5-7-26-8-6-25/h11-12,17H,3-10,13-15H2,1-2H3,(H,20,21). The number of aryl methyl sites for hydroxylation is 1. The van der Waals surface area contributed by atoms with Crippen LogP contribution in [0.5, 0.6) is 0 Å². The molecule has 0 amide bonds. The maximum Gasteiger partial charge on any atom is 0.193 e. The van der Waals surface area contributed by atoms with Crippen molar-refractivity contribution in [2.24, 2.45) is 12.0 Å². The third-order valence-electron chi connectivity index (χ3n) is 6.01. The Hall–Kier alpha value is -1.29. The Morgan fingerprint density at radius 3 is 2.89 bits per heavy atom. The van der Waals surface area contributed by atoms with Gasteiger partial charge in [0, 0.05) is 63.3 Å². The van der Waals surface area contributed by atoms with E-state index < -0.39 is 0 Å². The fourth-order valence-corrected chi connectivity index (χ4v) is 5.84. The number of nitrogens with zero attached hydrogens (tertiary/aromatic N) is 5. The Labute approximate surface area is 171 Å². The number of aromatic nitrogens is 2. The molecule has 0 aliphatic carbocycles. The highest BCUT2D eigenvalue weighted by atomic mass is 32.2. The third kappa shape index (κ3) is 4.32. The topological polar surface area (TPSA) is 67.2 Å². The minimum atomic E-state index is 0.0382. The summed E-state index contributed by atoms with van der Waals surface area (Å²) in [7, 11) is 3.82. The first-order valence-electron chi connectivity index (χ1n) is 10.2. The molecule has 4 rings (SSSR count). The van der Waals surface area contributed by atoms with Crippen LogP contribution in [-0.2, 0) is 16.5 Å². The van der Waals surface area contributed by atoms with Gasteiger partial charge in [-0.1, -0.05) is 0 Å². The van der Waals surface area contributed by atoms with Crippen molar-refractivity contribution in [1.29, 1.82) is 0 Å². The molecule has 8 nitrogen and oxygen atoms in total. The van der Waals surface area contributed by atoms with Crippen molar-refractivity contribution in [1.82, 2.24) is 24.9 Å². The first kappa shape index (κ1) is 20.0. The lowest BCUT2D eigenvalue weighted by atomic mass is 9.95. The summed E-state index contributed by atoms with van der Waals surface area (Å²) in [5.41, 5.74) is 1.33. The van der Waals surface area contributed by atoms with Gasteiger partial charge in [-0.3, -0.25) is 14.6 Å². The number of hydrogen-bond donors (Lipinski definition) is 1. The minimum absolute atomic E-state index is 0.0382. The van der Waals surface area contributed by atoms with Gasteiger partial charge in [0.15, 0.2) is 5.96 Å². The predicted octanol–water partition coefficient (Wildman–Crippen LogP) is 0.577. The maximum atomic E-state index is 5.99. The molecular weight excluding hydrogens is 376 g/mol. The third-order valence-corrected chi connectivity index (χ3v) is 7.25. The summed E-state index contributed by atoms with van der Waals surface area (Å²) in [5, 5.41) is 7.99. The summed E-state index contributed by atoms with van der Waals surface area (Å²) in [4.78, 5) is 9.54. The number of hydrogen-bond acceptors (Lipinski definition) is 6. The number of nitrogens with one attached hydrogen (secondary N) is 1. The molecule has 2 atom stereocenters.